The van der Waals surface area contributed by atoms with E-state index in [1.807, 2.05) is 0 Å². The maximum atomic E-state index is 4.71. The van der Waals surface area contributed by atoms with Crippen molar-refractivity contribution in [2.45, 2.75) is 32.1 Å². The van der Waals surface area contributed by atoms with Crippen molar-refractivity contribution in [1.82, 2.24) is 10.6 Å². The van der Waals surface area contributed by atoms with Crippen molar-refractivity contribution in [1.29, 1.82) is 0 Å². The molecule has 0 aliphatic heterocycles. The second-order valence-corrected chi connectivity index (χ2v) is 4.87. The highest BCUT2D eigenvalue weighted by molar-refractivity contribution is 5.79. The number of guanidine groups is 1. The molecule has 0 heterocycles. The van der Waals surface area contributed by atoms with E-state index in [0.29, 0.717) is 5.41 Å². The SMILES string of the molecule is CCNC(=NCC1(c2ccccc2)CC1)NCC. The molecule has 0 radical (unpaired) electrons. The van der Waals surface area contributed by atoms with E-state index in [-0.39, 0.29) is 0 Å². The van der Waals surface area contributed by atoms with Crippen LogP contribution in [0.15, 0.2) is 35.3 Å². The van der Waals surface area contributed by atoms with Crippen molar-refractivity contribution < 1.29 is 0 Å². The Morgan fingerprint density at radius 3 is 2.22 bits per heavy atom. The quantitative estimate of drug-likeness (QED) is 0.617. The third kappa shape index (κ3) is 3.03. The molecule has 2 N–H and O–H groups in total. The molecular weight excluding hydrogens is 222 g/mol. The summed E-state index contributed by atoms with van der Waals surface area (Å²) in [4.78, 5) is 4.71. The molecule has 1 fully saturated rings. The summed E-state index contributed by atoms with van der Waals surface area (Å²) in [5, 5.41) is 6.55. The molecule has 18 heavy (non-hydrogen) atoms. The van der Waals surface area contributed by atoms with Gasteiger partial charge < -0.3 is 10.6 Å². The van der Waals surface area contributed by atoms with Gasteiger partial charge >= 0.3 is 0 Å². The Kier molecular flexibility index (Phi) is 4.24. The number of aliphatic imine (C=N–C) groups is 1. The average molecular weight is 245 g/mol. The van der Waals surface area contributed by atoms with Gasteiger partial charge in [0.15, 0.2) is 5.96 Å². The van der Waals surface area contributed by atoms with Gasteiger partial charge in [0.1, 0.15) is 0 Å². The molecule has 1 aromatic rings. The third-order valence-corrected chi connectivity index (χ3v) is 3.47. The van der Waals surface area contributed by atoms with E-state index in [2.05, 4.69) is 54.8 Å². The molecule has 0 saturated heterocycles. The summed E-state index contributed by atoms with van der Waals surface area (Å²) < 4.78 is 0. The Labute approximate surface area is 110 Å². The first-order valence-corrected chi connectivity index (χ1v) is 6.88. The molecular formula is C15H23N3. The minimum atomic E-state index is 0.303. The van der Waals surface area contributed by atoms with Gasteiger partial charge in [-0.05, 0) is 32.3 Å². The summed E-state index contributed by atoms with van der Waals surface area (Å²) in [7, 11) is 0. The van der Waals surface area contributed by atoms with Gasteiger partial charge in [-0.3, -0.25) is 4.99 Å². The van der Waals surface area contributed by atoms with E-state index in [9.17, 15) is 0 Å². The highest BCUT2D eigenvalue weighted by atomic mass is 15.2. The molecule has 2 rings (SSSR count). The number of benzene rings is 1. The summed E-state index contributed by atoms with van der Waals surface area (Å²) in [6, 6.07) is 10.8. The Morgan fingerprint density at radius 2 is 1.72 bits per heavy atom. The molecule has 98 valence electrons. The summed E-state index contributed by atoms with van der Waals surface area (Å²) >= 11 is 0. The van der Waals surface area contributed by atoms with E-state index in [0.717, 1.165) is 25.6 Å². The van der Waals surface area contributed by atoms with Crippen molar-refractivity contribution in [3.05, 3.63) is 35.9 Å². The maximum absolute atomic E-state index is 4.71. The predicted molar refractivity (Wildman–Crippen MR) is 77.0 cm³/mol. The van der Waals surface area contributed by atoms with Crippen molar-refractivity contribution in [2.75, 3.05) is 19.6 Å². The van der Waals surface area contributed by atoms with Crippen molar-refractivity contribution in [3.8, 4) is 0 Å². The van der Waals surface area contributed by atoms with Crippen LogP contribution in [0.25, 0.3) is 0 Å². The smallest absolute Gasteiger partial charge is 0.191 e. The van der Waals surface area contributed by atoms with E-state index in [1.54, 1.807) is 0 Å². The molecule has 0 spiro atoms. The van der Waals surface area contributed by atoms with Gasteiger partial charge in [0.2, 0.25) is 0 Å². The monoisotopic (exact) mass is 245 g/mol. The fraction of sp³-hybridized carbons (Fsp3) is 0.533. The zero-order valence-electron chi connectivity index (χ0n) is 11.4. The zero-order chi connectivity index (χ0) is 12.8. The Balaban J connectivity index is 2.02. The normalized spacial score (nSPS) is 15.9. The fourth-order valence-electron chi connectivity index (χ4n) is 2.22. The molecule has 0 unspecified atom stereocenters. The van der Waals surface area contributed by atoms with Crippen LogP contribution in [0.4, 0.5) is 0 Å². The lowest BCUT2D eigenvalue weighted by molar-refractivity contribution is 0.694. The predicted octanol–water partition coefficient (Wildman–Crippen LogP) is 2.29. The van der Waals surface area contributed by atoms with Gasteiger partial charge in [0, 0.05) is 18.5 Å². The first-order chi connectivity index (χ1) is 8.80. The molecule has 0 aromatic heterocycles. The van der Waals surface area contributed by atoms with Crippen LogP contribution in [-0.2, 0) is 5.41 Å². The van der Waals surface area contributed by atoms with Crippen LogP contribution in [0.1, 0.15) is 32.3 Å². The lowest BCUT2D eigenvalue weighted by atomic mass is 9.96. The van der Waals surface area contributed by atoms with E-state index >= 15 is 0 Å². The highest BCUT2D eigenvalue weighted by Gasteiger charge is 2.43. The molecule has 3 heteroatoms. The van der Waals surface area contributed by atoms with Crippen molar-refractivity contribution >= 4 is 5.96 Å². The first-order valence-electron chi connectivity index (χ1n) is 6.88. The summed E-state index contributed by atoms with van der Waals surface area (Å²) in [6.45, 7) is 6.88. The molecule has 1 aromatic carbocycles. The standard InChI is InChI=1S/C15H23N3/c1-3-16-14(17-4-2)18-12-15(10-11-15)13-8-6-5-7-9-13/h5-9H,3-4,10-12H2,1-2H3,(H2,16,17,18). The Hall–Kier alpha value is -1.51. The van der Waals surface area contributed by atoms with Crippen LogP contribution in [0, 0.1) is 0 Å². The molecule has 0 atom stereocenters. The molecule has 1 aliphatic rings. The van der Waals surface area contributed by atoms with Crippen LogP contribution in [0.2, 0.25) is 0 Å². The van der Waals surface area contributed by atoms with Crippen molar-refractivity contribution in [2.24, 2.45) is 4.99 Å². The van der Waals surface area contributed by atoms with Gasteiger partial charge in [0.25, 0.3) is 0 Å². The lowest BCUT2D eigenvalue weighted by Gasteiger charge is -2.15. The Bertz CT molecular complexity index is 385. The minimum Gasteiger partial charge on any atom is -0.357 e. The average Bonchev–Trinajstić information content (AvgIpc) is 3.19. The minimum absolute atomic E-state index is 0.303. The molecule has 1 saturated carbocycles. The molecule has 0 amide bonds. The number of nitrogens with zero attached hydrogens (tertiary/aromatic N) is 1. The van der Waals surface area contributed by atoms with E-state index < -0.39 is 0 Å². The highest BCUT2D eigenvalue weighted by Crippen LogP contribution is 2.48. The third-order valence-electron chi connectivity index (χ3n) is 3.47. The number of hydrogen-bond donors (Lipinski definition) is 2. The zero-order valence-corrected chi connectivity index (χ0v) is 11.4. The van der Waals surface area contributed by atoms with Crippen molar-refractivity contribution in [3.63, 3.8) is 0 Å². The summed E-state index contributed by atoms with van der Waals surface area (Å²) in [5.41, 5.74) is 1.73. The van der Waals surface area contributed by atoms with Gasteiger partial charge in [-0.2, -0.15) is 0 Å². The van der Waals surface area contributed by atoms with Gasteiger partial charge in [0.05, 0.1) is 6.54 Å². The van der Waals surface area contributed by atoms with Crippen LogP contribution in [0.3, 0.4) is 0 Å². The molecule has 0 bridgehead atoms. The maximum Gasteiger partial charge on any atom is 0.191 e. The van der Waals surface area contributed by atoms with Crippen LogP contribution in [0.5, 0.6) is 0 Å². The topological polar surface area (TPSA) is 36.4 Å². The van der Waals surface area contributed by atoms with Crippen LogP contribution < -0.4 is 10.6 Å². The van der Waals surface area contributed by atoms with Gasteiger partial charge in [-0.15, -0.1) is 0 Å². The van der Waals surface area contributed by atoms with E-state index in [4.69, 9.17) is 4.99 Å². The summed E-state index contributed by atoms with van der Waals surface area (Å²) in [5.74, 6) is 0.933. The first kappa shape index (κ1) is 12.9. The second kappa shape index (κ2) is 5.89. The lowest BCUT2D eigenvalue weighted by Crippen LogP contribution is -2.37. The Morgan fingerprint density at radius 1 is 1.11 bits per heavy atom. The number of hydrogen-bond acceptors (Lipinski definition) is 1. The number of rotatable bonds is 5. The molecule has 3 nitrogen and oxygen atoms in total. The van der Waals surface area contributed by atoms with Gasteiger partial charge in [-0.25, -0.2) is 0 Å². The largest absolute Gasteiger partial charge is 0.357 e. The van der Waals surface area contributed by atoms with E-state index in [1.165, 1.54) is 18.4 Å². The summed E-state index contributed by atoms with van der Waals surface area (Å²) in [6.07, 6.45) is 2.51. The fourth-order valence-corrected chi connectivity index (χ4v) is 2.22. The van der Waals surface area contributed by atoms with Crippen LogP contribution >= 0.6 is 0 Å². The second-order valence-electron chi connectivity index (χ2n) is 4.87. The van der Waals surface area contributed by atoms with Gasteiger partial charge in [-0.1, -0.05) is 30.3 Å². The molecule has 1 aliphatic carbocycles. The van der Waals surface area contributed by atoms with Crippen LogP contribution in [-0.4, -0.2) is 25.6 Å². The number of nitrogens with one attached hydrogen (secondary N) is 2.